The molecule has 2 rings (SSSR count). The Hall–Kier alpha value is -1.59. The molecule has 1 fully saturated rings. The number of anilines is 1. The first-order valence-corrected chi connectivity index (χ1v) is 6.11. The van der Waals surface area contributed by atoms with Crippen LogP contribution in [0.15, 0.2) is 24.3 Å². The average Bonchev–Trinajstić information content (AvgIpc) is 2.30. The molecule has 1 aromatic carbocycles. The van der Waals surface area contributed by atoms with Crippen LogP contribution in [0.4, 0.5) is 5.69 Å². The Morgan fingerprint density at radius 1 is 1.50 bits per heavy atom. The molecular formula is C13H18N2O3. The molecule has 0 bridgehead atoms. The number of carbonyl (C=O) groups is 1. The zero-order valence-electron chi connectivity index (χ0n) is 10.4. The molecule has 1 heterocycles. The predicted molar refractivity (Wildman–Crippen MR) is 68.7 cm³/mol. The number of β-amino-alcohol motifs (C(OH)–C–C–N with tert-alkyl or cyclic N) is 1. The van der Waals surface area contributed by atoms with Gasteiger partial charge in [-0.2, -0.15) is 0 Å². The van der Waals surface area contributed by atoms with Gasteiger partial charge in [0.25, 0.3) is 0 Å². The first-order valence-electron chi connectivity index (χ1n) is 6.11. The highest BCUT2D eigenvalue weighted by Gasteiger charge is 2.26. The second-order valence-corrected chi connectivity index (χ2v) is 4.33. The summed E-state index contributed by atoms with van der Waals surface area (Å²) in [6.45, 7) is 3.91. The maximum atomic E-state index is 11.8. The van der Waals surface area contributed by atoms with Crippen LogP contribution in [-0.2, 0) is 4.79 Å². The minimum atomic E-state index is -0.284. The molecule has 5 nitrogen and oxygen atoms in total. The summed E-state index contributed by atoms with van der Waals surface area (Å²) in [7, 11) is 0. The van der Waals surface area contributed by atoms with Crippen molar-refractivity contribution in [1.29, 1.82) is 0 Å². The number of hydrogen-bond donors (Lipinski definition) is 2. The Balaban J connectivity index is 1.90. The van der Waals surface area contributed by atoms with Crippen molar-refractivity contribution in [1.82, 2.24) is 4.90 Å². The number of amides is 1. The summed E-state index contributed by atoms with van der Waals surface area (Å²) >= 11 is 0. The van der Waals surface area contributed by atoms with Crippen LogP contribution in [0.2, 0.25) is 0 Å². The Bertz CT molecular complexity index is 416. The fraction of sp³-hybridized carbons (Fsp3) is 0.462. The van der Waals surface area contributed by atoms with E-state index in [4.69, 9.17) is 9.84 Å². The third kappa shape index (κ3) is 3.21. The Morgan fingerprint density at radius 3 is 2.89 bits per heavy atom. The van der Waals surface area contributed by atoms with Gasteiger partial charge >= 0.3 is 0 Å². The van der Waals surface area contributed by atoms with Crippen LogP contribution in [0.5, 0.6) is 5.75 Å². The van der Waals surface area contributed by atoms with Crippen molar-refractivity contribution in [3.05, 3.63) is 24.3 Å². The molecule has 0 saturated carbocycles. The third-order valence-electron chi connectivity index (χ3n) is 2.77. The number of nitrogens with zero attached hydrogens (tertiary/aromatic N) is 1. The number of aliphatic hydroxyl groups excluding tert-OH is 1. The summed E-state index contributed by atoms with van der Waals surface area (Å²) in [5.74, 6) is 0.589. The highest BCUT2D eigenvalue weighted by molar-refractivity contribution is 5.93. The van der Waals surface area contributed by atoms with Crippen LogP contribution < -0.4 is 10.1 Å². The lowest BCUT2D eigenvalue weighted by Gasteiger charge is -2.35. The van der Waals surface area contributed by atoms with E-state index in [1.54, 1.807) is 0 Å². The molecule has 5 heteroatoms. The molecule has 0 aliphatic carbocycles. The van der Waals surface area contributed by atoms with Gasteiger partial charge < -0.3 is 15.2 Å². The largest absolute Gasteiger partial charge is 0.492 e. The van der Waals surface area contributed by atoms with Crippen LogP contribution >= 0.6 is 0 Å². The fourth-order valence-electron chi connectivity index (χ4n) is 1.92. The van der Waals surface area contributed by atoms with E-state index in [9.17, 15) is 4.79 Å². The number of likely N-dealkylation sites (tertiary alicyclic amines) is 1. The monoisotopic (exact) mass is 250 g/mol. The number of aliphatic hydroxyl groups is 1. The standard InChI is InChI=1S/C13H18N2O3/c1-2-18-12-6-4-3-5-11(12)14-13(17)9-15-7-10(16)8-15/h3-6,10,16H,2,7-9H2,1H3,(H,14,17). The van der Waals surface area contributed by atoms with Crippen molar-refractivity contribution in [2.45, 2.75) is 13.0 Å². The summed E-state index contributed by atoms with van der Waals surface area (Å²) < 4.78 is 5.43. The van der Waals surface area contributed by atoms with E-state index in [2.05, 4.69) is 5.32 Å². The van der Waals surface area contributed by atoms with Crippen LogP contribution in [0.25, 0.3) is 0 Å². The van der Waals surface area contributed by atoms with E-state index >= 15 is 0 Å². The normalized spacial score (nSPS) is 16.1. The summed E-state index contributed by atoms with van der Waals surface area (Å²) in [4.78, 5) is 13.7. The van der Waals surface area contributed by atoms with Gasteiger partial charge in [0, 0.05) is 13.1 Å². The van der Waals surface area contributed by atoms with Gasteiger partial charge in [0.1, 0.15) is 5.75 Å². The van der Waals surface area contributed by atoms with Crippen LogP contribution in [-0.4, -0.2) is 48.3 Å². The Morgan fingerprint density at radius 2 is 2.22 bits per heavy atom. The van der Waals surface area contributed by atoms with E-state index in [0.717, 1.165) is 0 Å². The van der Waals surface area contributed by atoms with Crippen molar-refractivity contribution in [2.24, 2.45) is 0 Å². The van der Waals surface area contributed by atoms with Gasteiger partial charge in [-0.25, -0.2) is 0 Å². The van der Waals surface area contributed by atoms with E-state index < -0.39 is 0 Å². The smallest absolute Gasteiger partial charge is 0.238 e. The molecule has 0 aromatic heterocycles. The van der Waals surface area contributed by atoms with Crippen molar-refractivity contribution >= 4 is 11.6 Å². The lowest BCUT2D eigenvalue weighted by atomic mass is 10.2. The molecular weight excluding hydrogens is 232 g/mol. The summed E-state index contributed by atoms with van der Waals surface area (Å²) in [6.07, 6.45) is -0.284. The lowest BCUT2D eigenvalue weighted by Crippen LogP contribution is -2.53. The molecule has 1 saturated heterocycles. The summed E-state index contributed by atoms with van der Waals surface area (Å²) in [6, 6.07) is 7.36. The number of carbonyl (C=O) groups excluding carboxylic acids is 1. The van der Waals surface area contributed by atoms with Crippen LogP contribution in [0.3, 0.4) is 0 Å². The molecule has 2 N–H and O–H groups in total. The highest BCUT2D eigenvalue weighted by Crippen LogP contribution is 2.23. The van der Waals surface area contributed by atoms with Gasteiger partial charge in [-0.3, -0.25) is 9.69 Å². The Labute approximate surface area is 106 Å². The quantitative estimate of drug-likeness (QED) is 0.807. The van der Waals surface area contributed by atoms with E-state index in [1.807, 2.05) is 36.1 Å². The van der Waals surface area contributed by atoms with Crippen molar-refractivity contribution in [2.75, 3.05) is 31.6 Å². The van der Waals surface area contributed by atoms with Crippen molar-refractivity contribution in [3.8, 4) is 5.75 Å². The molecule has 0 atom stereocenters. The molecule has 0 spiro atoms. The topological polar surface area (TPSA) is 61.8 Å². The SMILES string of the molecule is CCOc1ccccc1NC(=O)CN1CC(O)C1. The van der Waals surface area contributed by atoms with Gasteiger partial charge in [0.05, 0.1) is 24.9 Å². The predicted octanol–water partition coefficient (Wildman–Crippen LogP) is 0.700. The maximum Gasteiger partial charge on any atom is 0.238 e. The number of hydrogen-bond acceptors (Lipinski definition) is 4. The number of para-hydroxylation sites is 2. The van der Waals surface area contributed by atoms with Gasteiger partial charge in [-0.05, 0) is 19.1 Å². The van der Waals surface area contributed by atoms with Gasteiger partial charge in [-0.15, -0.1) is 0 Å². The van der Waals surface area contributed by atoms with Gasteiger partial charge in [0.15, 0.2) is 0 Å². The first kappa shape index (κ1) is 12.9. The molecule has 98 valence electrons. The lowest BCUT2D eigenvalue weighted by molar-refractivity contribution is -0.119. The van der Waals surface area contributed by atoms with E-state index in [-0.39, 0.29) is 12.0 Å². The third-order valence-corrected chi connectivity index (χ3v) is 2.77. The molecule has 0 radical (unpaired) electrons. The van der Waals surface area contributed by atoms with Crippen LogP contribution in [0.1, 0.15) is 6.92 Å². The maximum absolute atomic E-state index is 11.8. The molecule has 18 heavy (non-hydrogen) atoms. The Kier molecular flexibility index (Phi) is 4.17. The molecule has 1 aliphatic rings. The summed E-state index contributed by atoms with van der Waals surface area (Å²) in [5, 5.41) is 12.0. The molecule has 0 unspecified atom stereocenters. The molecule has 1 aromatic rings. The second kappa shape index (κ2) is 5.84. The van der Waals surface area contributed by atoms with Crippen LogP contribution in [0, 0.1) is 0 Å². The number of benzene rings is 1. The van der Waals surface area contributed by atoms with Gasteiger partial charge in [-0.1, -0.05) is 12.1 Å². The zero-order valence-corrected chi connectivity index (χ0v) is 10.4. The minimum Gasteiger partial charge on any atom is -0.492 e. The summed E-state index contributed by atoms with van der Waals surface area (Å²) in [5.41, 5.74) is 0.686. The van der Waals surface area contributed by atoms with E-state index in [1.165, 1.54) is 0 Å². The molecule has 1 amide bonds. The number of nitrogens with one attached hydrogen (secondary N) is 1. The average molecular weight is 250 g/mol. The van der Waals surface area contributed by atoms with Gasteiger partial charge in [0.2, 0.25) is 5.91 Å². The van der Waals surface area contributed by atoms with Crippen molar-refractivity contribution in [3.63, 3.8) is 0 Å². The minimum absolute atomic E-state index is 0.0888. The number of ether oxygens (including phenoxy) is 1. The highest BCUT2D eigenvalue weighted by atomic mass is 16.5. The second-order valence-electron chi connectivity index (χ2n) is 4.33. The van der Waals surface area contributed by atoms with E-state index in [0.29, 0.717) is 37.7 Å². The molecule has 1 aliphatic heterocycles. The number of rotatable bonds is 5. The fourth-order valence-corrected chi connectivity index (χ4v) is 1.92. The first-order chi connectivity index (χ1) is 8.69. The van der Waals surface area contributed by atoms with Crippen molar-refractivity contribution < 1.29 is 14.6 Å². The zero-order chi connectivity index (χ0) is 13.0.